The molecular formula is C14H19N3O3. The Bertz CT molecular complexity index is 523. The van der Waals surface area contributed by atoms with Crippen molar-refractivity contribution in [1.29, 1.82) is 0 Å². The highest BCUT2D eigenvalue weighted by molar-refractivity contribution is 5.97. The van der Waals surface area contributed by atoms with Crippen LogP contribution in [0.4, 0.5) is 5.82 Å². The standard InChI is InChI=1S/C14H19N3O3/c1-14(13(19)20,10-5-6-10)16-12(18)9-4-7-11(15-8-9)17(2)3/h4,7-8,10H,5-6H2,1-3H3,(H,16,18)(H,19,20). The van der Waals surface area contributed by atoms with Crippen LogP contribution in [-0.2, 0) is 4.79 Å². The number of nitrogens with one attached hydrogen (secondary N) is 1. The summed E-state index contributed by atoms with van der Waals surface area (Å²) in [4.78, 5) is 29.5. The first-order valence-electron chi connectivity index (χ1n) is 6.54. The molecule has 1 aliphatic carbocycles. The maximum absolute atomic E-state index is 12.2. The zero-order valence-corrected chi connectivity index (χ0v) is 11.9. The summed E-state index contributed by atoms with van der Waals surface area (Å²) in [6.45, 7) is 1.56. The van der Waals surface area contributed by atoms with E-state index in [9.17, 15) is 14.7 Å². The van der Waals surface area contributed by atoms with E-state index in [1.807, 2.05) is 19.0 Å². The van der Waals surface area contributed by atoms with Crippen molar-refractivity contribution in [3.8, 4) is 0 Å². The monoisotopic (exact) mass is 277 g/mol. The van der Waals surface area contributed by atoms with Gasteiger partial charge in [0.25, 0.3) is 5.91 Å². The van der Waals surface area contributed by atoms with Crippen molar-refractivity contribution in [2.24, 2.45) is 5.92 Å². The van der Waals surface area contributed by atoms with Crippen molar-refractivity contribution in [2.75, 3.05) is 19.0 Å². The number of amides is 1. The van der Waals surface area contributed by atoms with E-state index in [1.54, 1.807) is 19.1 Å². The average molecular weight is 277 g/mol. The summed E-state index contributed by atoms with van der Waals surface area (Å²) < 4.78 is 0. The van der Waals surface area contributed by atoms with Gasteiger partial charge in [-0.15, -0.1) is 0 Å². The van der Waals surface area contributed by atoms with E-state index >= 15 is 0 Å². The number of rotatable bonds is 5. The lowest BCUT2D eigenvalue weighted by Crippen LogP contribution is -2.54. The SMILES string of the molecule is CN(C)c1ccc(C(=O)NC(C)(C(=O)O)C2CC2)cn1. The third kappa shape index (κ3) is 2.74. The van der Waals surface area contributed by atoms with Crippen LogP contribution in [-0.4, -0.2) is 41.6 Å². The predicted octanol–water partition coefficient (Wildman–Crippen LogP) is 1.13. The van der Waals surface area contributed by atoms with Crippen LogP contribution in [0.15, 0.2) is 18.3 Å². The second-order valence-corrected chi connectivity index (χ2v) is 5.54. The average Bonchev–Trinajstić information content (AvgIpc) is 3.23. The van der Waals surface area contributed by atoms with Crippen LogP contribution >= 0.6 is 0 Å². The maximum atomic E-state index is 12.2. The molecule has 0 radical (unpaired) electrons. The molecule has 1 aromatic heterocycles. The summed E-state index contributed by atoms with van der Waals surface area (Å²) in [5.41, 5.74) is -0.833. The van der Waals surface area contributed by atoms with Crippen molar-refractivity contribution < 1.29 is 14.7 Å². The van der Waals surface area contributed by atoms with Crippen molar-refractivity contribution in [2.45, 2.75) is 25.3 Å². The number of hydrogen-bond acceptors (Lipinski definition) is 4. The second-order valence-electron chi connectivity index (χ2n) is 5.54. The number of carbonyl (C=O) groups excluding carboxylic acids is 1. The van der Waals surface area contributed by atoms with Gasteiger partial charge in [0, 0.05) is 20.3 Å². The molecule has 6 nitrogen and oxygen atoms in total. The van der Waals surface area contributed by atoms with Gasteiger partial charge in [-0.3, -0.25) is 4.79 Å². The maximum Gasteiger partial charge on any atom is 0.329 e. The minimum absolute atomic E-state index is 0.0120. The van der Waals surface area contributed by atoms with Gasteiger partial charge in [-0.05, 0) is 37.8 Å². The van der Waals surface area contributed by atoms with E-state index in [0.717, 1.165) is 18.7 Å². The summed E-state index contributed by atoms with van der Waals surface area (Å²) in [5, 5.41) is 11.9. The van der Waals surface area contributed by atoms with Crippen molar-refractivity contribution in [3.05, 3.63) is 23.9 Å². The summed E-state index contributed by atoms with van der Waals surface area (Å²) in [5.74, 6) is -0.645. The molecule has 1 atom stereocenters. The molecule has 0 saturated heterocycles. The minimum Gasteiger partial charge on any atom is -0.480 e. The van der Waals surface area contributed by atoms with Gasteiger partial charge in [0.05, 0.1) is 5.56 Å². The number of aromatic nitrogens is 1. The number of anilines is 1. The van der Waals surface area contributed by atoms with Crippen molar-refractivity contribution >= 4 is 17.7 Å². The molecule has 1 unspecified atom stereocenters. The molecule has 2 N–H and O–H groups in total. The highest BCUT2D eigenvalue weighted by Crippen LogP contribution is 2.39. The van der Waals surface area contributed by atoms with Gasteiger partial charge < -0.3 is 15.3 Å². The number of carbonyl (C=O) groups is 2. The molecule has 1 heterocycles. The molecule has 1 aromatic rings. The topological polar surface area (TPSA) is 82.5 Å². The lowest BCUT2D eigenvalue weighted by molar-refractivity contribution is -0.144. The zero-order chi connectivity index (χ0) is 14.9. The smallest absolute Gasteiger partial charge is 0.329 e. The Balaban J connectivity index is 2.13. The first-order valence-corrected chi connectivity index (χ1v) is 6.54. The summed E-state index contributed by atoms with van der Waals surface area (Å²) in [7, 11) is 3.72. The van der Waals surface area contributed by atoms with E-state index in [4.69, 9.17) is 0 Å². The first-order chi connectivity index (χ1) is 9.34. The third-order valence-electron chi connectivity index (χ3n) is 3.68. The van der Waals surface area contributed by atoms with Crippen LogP contribution < -0.4 is 10.2 Å². The molecule has 108 valence electrons. The van der Waals surface area contributed by atoms with Crippen molar-refractivity contribution in [1.82, 2.24) is 10.3 Å². The molecule has 1 amide bonds. The van der Waals surface area contributed by atoms with Crippen LogP contribution in [0, 0.1) is 5.92 Å². The molecule has 0 aliphatic heterocycles. The molecule has 6 heteroatoms. The summed E-state index contributed by atoms with van der Waals surface area (Å²) in [6, 6.07) is 3.37. The number of nitrogens with zero attached hydrogens (tertiary/aromatic N) is 2. The molecule has 1 aliphatic rings. The Morgan fingerprint density at radius 3 is 2.45 bits per heavy atom. The number of aliphatic carboxylic acids is 1. The molecule has 2 rings (SSSR count). The number of carboxylic acids is 1. The highest BCUT2D eigenvalue weighted by Gasteiger charge is 2.48. The van der Waals surface area contributed by atoms with E-state index in [0.29, 0.717) is 5.56 Å². The molecule has 1 saturated carbocycles. The zero-order valence-electron chi connectivity index (χ0n) is 11.9. The van der Waals surface area contributed by atoms with Gasteiger partial charge in [0.15, 0.2) is 0 Å². The quantitative estimate of drug-likeness (QED) is 0.843. The van der Waals surface area contributed by atoms with E-state index < -0.39 is 17.4 Å². The Morgan fingerprint density at radius 1 is 1.40 bits per heavy atom. The molecule has 0 aromatic carbocycles. The molecule has 0 bridgehead atoms. The van der Waals surface area contributed by atoms with Gasteiger partial charge in [-0.2, -0.15) is 0 Å². The number of hydrogen-bond donors (Lipinski definition) is 2. The van der Waals surface area contributed by atoms with Crippen LogP contribution in [0.1, 0.15) is 30.1 Å². The normalized spacial score (nSPS) is 17.1. The van der Waals surface area contributed by atoms with Gasteiger partial charge in [0.1, 0.15) is 11.4 Å². The minimum atomic E-state index is -1.20. The lowest BCUT2D eigenvalue weighted by atomic mass is 9.95. The van der Waals surface area contributed by atoms with Gasteiger partial charge >= 0.3 is 5.97 Å². The molecular weight excluding hydrogens is 258 g/mol. The van der Waals surface area contributed by atoms with Crippen LogP contribution in [0.5, 0.6) is 0 Å². The molecule has 0 spiro atoms. The predicted molar refractivity (Wildman–Crippen MR) is 74.8 cm³/mol. The van der Waals surface area contributed by atoms with Crippen LogP contribution in [0.3, 0.4) is 0 Å². The Hall–Kier alpha value is -2.11. The first kappa shape index (κ1) is 14.3. The van der Waals surface area contributed by atoms with E-state index in [-0.39, 0.29) is 5.92 Å². The van der Waals surface area contributed by atoms with E-state index in [1.165, 1.54) is 6.20 Å². The fourth-order valence-corrected chi connectivity index (χ4v) is 2.08. The fraction of sp³-hybridized carbons (Fsp3) is 0.500. The third-order valence-corrected chi connectivity index (χ3v) is 3.68. The molecule has 20 heavy (non-hydrogen) atoms. The Labute approximate surface area is 117 Å². The molecule has 1 fully saturated rings. The largest absolute Gasteiger partial charge is 0.480 e. The van der Waals surface area contributed by atoms with Gasteiger partial charge in [-0.1, -0.05) is 0 Å². The number of carboxylic acid groups (broad SMARTS) is 1. The second kappa shape index (κ2) is 5.11. The lowest BCUT2D eigenvalue weighted by Gasteiger charge is -2.26. The Kier molecular flexibility index (Phi) is 3.65. The van der Waals surface area contributed by atoms with Crippen molar-refractivity contribution in [3.63, 3.8) is 0 Å². The van der Waals surface area contributed by atoms with Crippen LogP contribution in [0.25, 0.3) is 0 Å². The summed E-state index contributed by atoms with van der Waals surface area (Å²) >= 11 is 0. The van der Waals surface area contributed by atoms with Gasteiger partial charge in [0.2, 0.25) is 0 Å². The fourth-order valence-electron chi connectivity index (χ4n) is 2.08. The van der Waals surface area contributed by atoms with E-state index in [2.05, 4.69) is 10.3 Å². The summed E-state index contributed by atoms with van der Waals surface area (Å²) in [6.07, 6.45) is 3.13. The van der Waals surface area contributed by atoms with Gasteiger partial charge in [-0.25, -0.2) is 9.78 Å². The van der Waals surface area contributed by atoms with Crippen LogP contribution in [0.2, 0.25) is 0 Å². The Morgan fingerprint density at radius 2 is 2.05 bits per heavy atom. The highest BCUT2D eigenvalue weighted by atomic mass is 16.4. The number of pyridine rings is 1.